The van der Waals surface area contributed by atoms with E-state index in [1.165, 1.54) is 4.90 Å². The quantitative estimate of drug-likeness (QED) is 0.171. The van der Waals surface area contributed by atoms with Crippen molar-refractivity contribution in [3.8, 4) is 5.75 Å². The minimum absolute atomic E-state index is 0.0207. The molecule has 5 rings (SSSR count). The second-order valence-electron chi connectivity index (χ2n) is 11.2. The predicted molar refractivity (Wildman–Crippen MR) is 158 cm³/mol. The van der Waals surface area contributed by atoms with Crippen molar-refractivity contribution in [1.29, 1.82) is 0 Å². The molecule has 221 valence electrons. The van der Waals surface area contributed by atoms with Crippen molar-refractivity contribution >= 4 is 43.2 Å². The van der Waals surface area contributed by atoms with E-state index in [9.17, 15) is 24.7 Å². The van der Waals surface area contributed by atoms with E-state index in [4.69, 9.17) is 4.74 Å². The number of aromatic nitrogens is 1. The van der Waals surface area contributed by atoms with Crippen LogP contribution in [0.25, 0.3) is 10.9 Å². The van der Waals surface area contributed by atoms with Crippen molar-refractivity contribution < 1.29 is 29.4 Å². The second-order valence-corrected chi connectivity index (χ2v) is 14.5. The van der Waals surface area contributed by atoms with E-state index in [2.05, 4.69) is 9.88 Å². The number of carbonyl (C=O) groups is 3. The van der Waals surface area contributed by atoms with Crippen LogP contribution in [0.15, 0.2) is 54.6 Å². The van der Waals surface area contributed by atoms with Crippen LogP contribution in [0.3, 0.4) is 0 Å². The second kappa shape index (κ2) is 13.2. The molecule has 0 aliphatic carbocycles. The fourth-order valence-corrected chi connectivity index (χ4v) is 8.89. The molecule has 42 heavy (non-hydrogen) atoms. The van der Waals surface area contributed by atoms with Crippen LogP contribution in [-0.2, 0) is 11.4 Å². The van der Waals surface area contributed by atoms with Gasteiger partial charge in [0.2, 0.25) is 0 Å². The van der Waals surface area contributed by atoms with Crippen LogP contribution in [-0.4, -0.2) is 89.6 Å². The molecular weight excluding hydrogens is 599 g/mol. The number of amides is 2. The molecule has 0 saturated carbocycles. The molecule has 0 bridgehead atoms. The molecule has 2 amide bonds. The number of pyridine rings is 1. The van der Waals surface area contributed by atoms with Crippen molar-refractivity contribution in [2.24, 2.45) is 0 Å². The number of ether oxygens (including phenoxy) is 1. The van der Waals surface area contributed by atoms with E-state index in [0.717, 1.165) is 35.0 Å². The molecule has 2 saturated heterocycles. The van der Waals surface area contributed by atoms with Crippen LogP contribution in [0.5, 0.6) is 5.75 Å². The van der Waals surface area contributed by atoms with Crippen LogP contribution in [0.1, 0.15) is 53.7 Å². The monoisotopic (exact) mass is 635 g/mol. The fraction of sp³-hybridized carbons (Fsp3) is 0.419. The molecule has 1 atom stereocenters. The van der Waals surface area contributed by atoms with Crippen molar-refractivity contribution in [3.63, 3.8) is 0 Å². The standard InChI is InChI=1S/C31H36AsN4O6/c1-21-17-23(26-6-2-3-7-27(26)33-21)20-42-25-10-8-22(9-11-25)29(38)32-31(18-28(37)34-41)12-15-35(16-13-31)19-24-5-4-14-36(24)30(39)40/h2-3,6-11,17,24,41H,4-5,12-16,18-20H2,1H3,(H,34,37)(H,39,40)/t24-/m1/s1. The summed E-state index contributed by atoms with van der Waals surface area (Å²) in [5, 5.41) is 19.7. The van der Waals surface area contributed by atoms with E-state index in [1.54, 1.807) is 29.7 Å². The summed E-state index contributed by atoms with van der Waals surface area (Å²) in [5.41, 5.74) is 5.23. The first kappa shape index (κ1) is 30.0. The first-order chi connectivity index (χ1) is 20.2. The topological polar surface area (TPSA) is 132 Å². The Kier molecular flexibility index (Phi) is 9.46. The number of carbonyl (C=O) groups excluding carboxylic acids is 2. The van der Waals surface area contributed by atoms with Crippen LogP contribution in [0.2, 0.25) is 4.20 Å². The van der Waals surface area contributed by atoms with Gasteiger partial charge in [0.15, 0.2) is 0 Å². The van der Waals surface area contributed by atoms with Gasteiger partial charge in [-0.15, -0.1) is 0 Å². The number of aryl methyl sites for hydroxylation is 1. The summed E-state index contributed by atoms with van der Waals surface area (Å²) in [6.07, 6.45) is 2.22. The summed E-state index contributed by atoms with van der Waals surface area (Å²) < 4.78 is 5.59. The van der Waals surface area contributed by atoms with Crippen LogP contribution < -0.4 is 10.2 Å². The van der Waals surface area contributed by atoms with Gasteiger partial charge in [-0.05, 0) is 0 Å². The van der Waals surface area contributed by atoms with E-state index in [1.807, 2.05) is 37.3 Å². The zero-order valence-electron chi connectivity index (χ0n) is 23.7. The third-order valence-electron chi connectivity index (χ3n) is 8.26. The first-order valence-corrected chi connectivity index (χ1v) is 16.1. The van der Waals surface area contributed by atoms with Gasteiger partial charge in [-0.1, -0.05) is 0 Å². The molecule has 1 aromatic heterocycles. The van der Waals surface area contributed by atoms with Gasteiger partial charge in [0.1, 0.15) is 0 Å². The Morgan fingerprint density at radius 1 is 1.10 bits per heavy atom. The number of hydroxylamine groups is 1. The summed E-state index contributed by atoms with van der Waals surface area (Å²) in [7, 11) is 0. The van der Waals surface area contributed by atoms with Gasteiger partial charge < -0.3 is 0 Å². The van der Waals surface area contributed by atoms with Crippen LogP contribution in [0.4, 0.5) is 4.79 Å². The number of piperidine rings is 1. The first-order valence-electron chi connectivity index (χ1n) is 14.3. The molecular formula is C31H36AsN4O6. The van der Waals surface area contributed by atoms with Crippen molar-refractivity contribution in [2.75, 3.05) is 26.2 Å². The molecule has 1 radical (unpaired) electrons. The number of nitrogens with one attached hydrogen (secondary N) is 1. The molecule has 2 aromatic carbocycles. The normalized spacial score (nSPS) is 18.9. The van der Waals surface area contributed by atoms with E-state index >= 15 is 0 Å². The zero-order chi connectivity index (χ0) is 29.7. The molecule has 2 aliphatic rings. The maximum atomic E-state index is 13.5. The number of benzene rings is 2. The van der Waals surface area contributed by atoms with Gasteiger partial charge in [0.05, 0.1) is 0 Å². The Balaban J connectivity index is 1.21. The van der Waals surface area contributed by atoms with Crippen molar-refractivity contribution in [3.05, 3.63) is 71.4 Å². The van der Waals surface area contributed by atoms with Crippen LogP contribution in [0, 0.1) is 6.92 Å². The van der Waals surface area contributed by atoms with Gasteiger partial charge >= 0.3 is 252 Å². The number of para-hydroxylation sites is 1. The Labute approximate surface area is 251 Å². The molecule has 10 nitrogen and oxygen atoms in total. The van der Waals surface area contributed by atoms with Gasteiger partial charge in [0.25, 0.3) is 0 Å². The molecule has 3 heterocycles. The third-order valence-corrected chi connectivity index (χ3v) is 11.5. The van der Waals surface area contributed by atoms with Gasteiger partial charge in [-0.3, -0.25) is 0 Å². The molecule has 0 unspecified atom stereocenters. The van der Waals surface area contributed by atoms with E-state index in [0.29, 0.717) is 56.9 Å². The summed E-state index contributed by atoms with van der Waals surface area (Å²) >= 11 is -0.901. The number of fused-ring (bicyclic) bond motifs is 1. The Morgan fingerprint density at radius 3 is 2.55 bits per heavy atom. The molecule has 0 spiro atoms. The number of nitrogens with zero attached hydrogens (tertiary/aromatic N) is 3. The van der Waals surface area contributed by atoms with Crippen molar-refractivity contribution in [1.82, 2.24) is 20.3 Å². The molecule has 2 fully saturated rings. The summed E-state index contributed by atoms with van der Waals surface area (Å²) in [4.78, 5) is 45.6. The van der Waals surface area contributed by atoms with Gasteiger partial charge in [0, 0.05) is 0 Å². The number of hydrogen-bond acceptors (Lipinski definition) is 7. The molecule has 3 N–H and O–H groups in total. The average Bonchev–Trinajstić information content (AvgIpc) is 3.46. The van der Waals surface area contributed by atoms with Gasteiger partial charge in [-0.25, -0.2) is 0 Å². The van der Waals surface area contributed by atoms with E-state index < -0.39 is 32.0 Å². The van der Waals surface area contributed by atoms with Gasteiger partial charge in [-0.2, -0.15) is 0 Å². The van der Waals surface area contributed by atoms with Crippen molar-refractivity contribution in [2.45, 2.75) is 55.9 Å². The number of likely N-dealkylation sites (tertiary alicyclic amines) is 2. The fourth-order valence-electron chi connectivity index (χ4n) is 6.04. The van der Waals surface area contributed by atoms with E-state index in [-0.39, 0.29) is 17.0 Å². The predicted octanol–water partition coefficient (Wildman–Crippen LogP) is 4.26. The third kappa shape index (κ3) is 7.11. The number of carboxylic acid groups (broad SMARTS) is 1. The molecule has 2 aliphatic heterocycles. The number of rotatable bonds is 10. The Hall–Kier alpha value is -3.46. The summed E-state index contributed by atoms with van der Waals surface area (Å²) in [5.74, 6) is 0.174. The summed E-state index contributed by atoms with van der Waals surface area (Å²) in [6, 6.07) is 17.1. The molecule has 11 heteroatoms. The average molecular weight is 636 g/mol. The SMILES string of the molecule is Cc1cc(COc2ccc(C(=O)[As]C3(CC(=O)NO)CCN(C[C@H]4CCCN4C(=O)O)CC3)cc2)c2ccccc2n1. The Morgan fingerprint density at radius 2 is 1.83 bits per heavy atom. The maximum absolute atomic E-state index is 13.5. The zero-order valence-corrected chi connectivity index (χ0v) is 25.5. The van der Waals surface area contributed by atoms with Crippen LogP contribution >= 0.6 is 0 Å². The minimum atomic E-state index is -0.901. The molecule has 3 aromatic rings. The Bertz CT molecular complexity index is 1440. The number of hydrogen-bond donors (Lipinski definition) is 3. The summed E-state index contributed by atoms with van der Waals surface area (Å²) in [6.45, 7) is 4.93.